The summed E-state index contributed by atoms with van der Waals surface area (Å²) in [5.41, 5.74) is 1.30. The van der Waals surface area contributed by atoms with Crippen LogP contribution < -0.4 is 0 Å². The number of hydrogen-bond acceptors (Lipinski definition) is 6. The number of benzene rings is 1. The van der Waals surface area contributed by atoms with Crippen molar-refractivity contribution in [3.63, 3.8) is 0 Å². The molecule has 0 N–H and O–H groups in total. The monoisotopic (exact) mass is 449 g/mol. The molecule has 0 aromatic heterocycles. The van der Waals surface area contributed by atoms with Crippen LogP contribution in [-0.2, 0) is 34.0 Å². The summed E-state index contributed by atoms with van der Waals surface area (Å²) >= 11 is 0. The minimum atomic E-state index is -0.294. The van der Waals surface area contributed by atoms with Crippen LogP contribution in [0.1, 0.15) is 72.8 Å². The van der Waals surface area contributed by atoms with E-state index in [9.17, 15) is 14.4 Å². The minimum absolute atomic E-state index is 0.00241. The molecule has 0 aliphatic carbocycles. The molecule has 3 unspecified atom stereocenters. The van der Waals surface area contributed by atoms with E-state index in [1.54, 1.807) is 6.92 Å². The van der Waals surface area contributed by atoms with Gasteiger partial charge in [0.1, 0.15) is 5.78 Å². The molecule has 1 saturated heterocycles. The molecule has 181 valence electrons. The van der Waals surface area contributed by atoms with Crippen molar-refractivity contribution >= 4 is 17.7 Å². The summed E-state index contributed by atoms with van der Waals surface area (Å²) in [6.45, 7) is 17.1. The van der Waals surface area contributed by atoms with E-state index in [0.717, 1.165) is 19.4 Å². The van der Waals surface area contributed by atoms with Crippen molar-refractivity contribution in [2.24, 2.45) is 5.92 Å². The van der Waals surface area contributed by atoms with E-state index in [-0.39, 0.29) is 35.5 Å². The lowest BCUT2D eigenvalue weighted by Crippen LogP contribution is -2.19. The molecule has 0 spiro atoms. The molecule has 1 aromatic carbocycles. The van der Waals surface area contributed by atoms with Crippen molar-refractivity contribution in [1.29, 1.82) is 0 Å². The van der Waals surface area contributed by atoms with Gasteiger partial charge in [-0.3, -0.25) is 9.59 Å². The lowest BCUT2D eigenvalue weighted by Gasteiger charge is -2.23. The zero-order valence-electron chi connectivity index (χ0n) is 20.6. The van der Waals surface area contributed by atoms with Gasteiger partial charge in [0.15, 0.2) is 0 Å². The molecule has 1 aromatic rings. The highest BCUT2D eigenvalue weighted by Gasteiger charge is 2.32. The van der Waals surface area contributed by atoms with Gasteiger partial charge >= 0.3 is 11.9 Å². The molecule has 1 aliphatic rings. The smallest absolute Gasteiger partial charge is 0.308 e. The van der Waals surface area contributed by atoms with Crippen LogP contribution in [0.25, 0.3) is 0 Å². The molecule has 0 saturated carbocycles. The largest absolute Gasteiger partial charge is 0.466 e. The Labute approximate surface area is 194 Å². The van der Waals surface area contributed by atoms with E-state index in [1.807, 2.05) is 26.8 Å². The predicted octanol–water partition coefficient (Wildman–Crippen LogP) is 5.08. The van der Waals surface area contributed by atoms with Gasteiger partial charge in [0.2, 0.25) is 0 Å². The van der Waals surface area contributed by atoms with Gasteiger partial charge in [0, 0.05) is 6.42 Å². The zero-order chi connectivity index (χ0) is 24.6. The van der Waals surface area contributed by atoms with Crippen LogP contribution in [0.15, 0.2) is 30.3 Å². The van der Waals surface area contributed by atoms with Gasteiger partial charge in [0.05, 0.1) is 38.3 Å². The average Bonchev–Trinajstić information content (AvgIpc) is 3.57. The van der Waals surface area contributed by atoms with Gasteiger partial charge in [-0.1, -0.05) is 51.1 Å². The third-order valence-corrected chi connectivity index (χ3v) is 4.84. The van der Waals surface area contributed by atoms with Crippen molar-refractivity contribution < 1.29 is 28.6 Å². The topological polar surface area (TPSA) is 82.2 Å². The molecule has 32 heavy (non-hydrogen) atoms. The molecule has 2 rings (SSSR count). The number of ketones is 1. The number of esters is 2. The van der Waals surface area contributed by atoms with Crippen molar-refractivity contribution in [3.8, 4) is 0 Å². The number of epoxide rings is 1. The summed E-state index contributed by atoms with van der Waals surface area (Å²) in [7, 11) is 0. The van der Waals surface area contributed by atoms with Crippen LogP contribution in [0.4, 0.5) is 0 Å². The van der Waals surface area contributed by atoms with Gasteiger partial charge in [-0.2, -0.15) is 0 Å². The van der Waals surface area contributed by atoms with Gasteiger partial charge in [-0.15, -0.1) is 0 Å². The molecule has 6 heteroatoms. The summed E-state index contributed by atoms with van der Waals surface area (Å²) in [5, 5.41) is 0. The number of carbonyl (C=O) groups excluding carboxylic acids is 3. The molecular formula is C26H41O6. The number of ether oxygens (including phenoxy) is 3. The Balaban J connectivity index is 0.000000463. The maximum absolute atomic E-state index is 10.8. The Morgan fingerprint density at radius 1 is 1.09 bits per heavy atom. The van der Waals surface area contributed by atoms with Crippen LogP contribution in [-0.4, -0.2) is 43.6 Å². The van der Waals surface area contributed by atoms with Crippen LogP contribution in [0.3, 0.4) is 0 Å². The molecule has 1 radical (unpaired) electrons. The highest BCUT2D eigenvalue weighted by Crippen LogP contribution is 2.32. The second-order valence-corrected chi connectivity index (χ2v) is 8.15. The zero-order valence-corrected chi connectivity index (χ0v) is 20.6. The first-order valence-corrected chi connectivity index (χ1v) is 11.4. The van der Waals surface area contributed by atoms with E-state index in [0.29, 0.717) is 25.7 Å². The van der Waals surface area contributed by atoms with Crippen molar-refractivity contribution in [2.75, 3.05) is 19.8 Å². The van der Waals surface area contributed by atoms with Crippen LogP contribution >= 0.6 is 0 Å². The Kier molecular flexibility index (Phi) is 15.3. The number of hydrogen-bond donors (Lipinski definition) is 0. The first-order valence-electron chi connectivity index (χ1n) is 11.4. The second-order valence-electron chi connectivity index (χ2n) is 8.15. The van der Waals surface area contributed by atoms with E-state index >= 15 is 0 Å². The Morgan fingerprint density at radius 2 is 1.66 bits per heavy atom. The standard InChI is InChI=1S/C12H15O.C7H12O3.C7H14O2/c1-12(2,8-11-9-13-11)10-6-4-3-5-7-10;1-3-10-7(9)5-4-6(2)8;1-4-6(3)7(8)9-5-2/h3-7,11H,1,8-9H2,2H3;3-5H2,1-2H3;6H,4-5H2,1-3H3. The van der Waals surface area contributed by atoms with E-state index < -0.39 is 0 Å². The highest BCUT2D eigenvalue weighted by molar-refractivity contribution is 5.80. The van der Waals surface area contributed by atoms with Gasteiger partial charge < -0.3 is 19.0 Å². The Bertz CT molecular complexity index is 664. The molecule has 1 fully saturated rings. The molecule has 3 atom stereocenters. The fraction of sp³-hybridized carbons (Fsp3) is 0.615. The molecule has 1 aliphatic heterocycles. The van der Waals surface area contributed by atoms with E-state index in [4.69, 9.17) is 9.47 Å². The summed E-state index contributed by atoms with van der Waals surface area (Å²) in [6.07, 6.45) is 2.83. The summed E-state index contributed by atoms with van der Waals surface area (Å²) in [6, 6.07) is 10.4. The fourth-order valence-corrected chi connectivity index (χ4v) is 2.61. The Morgan fingerprint density at radius 3 is 2.09 bits per heavy atom. The number of carbonyl (C=O) groups is 3. The maximum Gasteiger partial charge on any atom is 0.308 e. The third-order valence-electron chi connectivity index (χ3n) is 4.84. The molecule has 0 bridgehead atoms. The van der Waals surface area contributed by atoms with Crippen LogP contribution in [0.5, 0.6) is 0 Å². The number of Topliss-reactive ketones (excluding diaryl/α,β-unsaturated/α-hetero) is 1. The van der Waals surface area contributed by atoms with Crippen LogP contribution in [0, 0.1) is 12.8 Å². The summed E-state index contributed by atoms with van der Waals surface area (Å²) in [4.78, 5) is 31.7. The SMILES string of the molecule is CCOC(=O)C(C)CC.CCOC(=O)CCC(C)=O.[CH2]C(C)(CC1CO1)c1ccccc1. The highest BCUT2D eigenvalue weighted by atomic mass is 16.6. The quantitative estimate of drug-likeness (QED) is 0.366. The van der Waals surface area contributed by atoms with E-state index in [2.05, 4.69) is 42.8 Å². The summed E-state index contributed by atoms with van der Waals surface area (Å²) < 4.78 is 14.6. The van der Waals surface area contributed by atoms with Crippen molar-refractivity contribution in [3.05, 3.63) is 42.8 Å². The first kappa shape index (κ1) is 29.8. The van der Waals surface area contributed by atoms with Crippen LogP contribution in [0.2, 0.25) is 0 Å². The molecule has 1 heterocycles. The third kappa shape index (κ3) is 14.7. The molecule has 6 nitrogen and oxygen atoms in total. The average molecular weight is 450 g/mol. The van der Waals surface area contributed by atoms with Crippen molar-refractivity contribution in [1.82, 2.24) is 0 Å². The van der Waals surface area contributed by atoms with E-state index in [1.165, 1.54) is 12.5 Å². The summed E-state index contributed by atoms with van der Waals surface area (Å²) in [5.74, 6) is -0.296. The van der Waals surface area contributed by atoms with Gasteiger partial charge in [-0.25, -0.2) is 0 Å². The molecular weight excluding hydrogens is 408 g/mol. The first-order chi connectivity index (χ1) is 15.1. The fourth-order valence-electron chi connectivity index (χ4n) is 2.61. The van der Waals surface area contributed by atoms with Gasteiger partial charge in [-0.05, 0) is 51.5 Å². The normalized spacial score (nSPS) is 15.2. The number of rotatable bonds is 10. The Hall–Kier alpha value is -2.21. The van der Waals surface area contributed by atoms with Gasteiger partial charge in [0.25, 0.3) is 0 Å². The predicted molar refractivity (Wildman–Crippen MR) is 126 cm³/mol. The van der Waals surface area contributed by atoms with Crippen molar-refractivity contribution in [2.45, 2.75) is 78.7 Å². The molecule has 0 amide bonds. The second kappa shape index (κ2) is 16.4. The minimum Gasteiger partial charge on any atom is -0.466 e. The lowest BCUT2D eigenvalue weighted by molar-refractivity contribution is -0.147. The lowest BCUT2D eigenvalue weighted by atomic mass is 9.81. The maximum atomic E-state index is 10.8.